The summed E-state index contributed by atoms with van der Waals surface area (Å²) in [4.78, 5) is 32.8. The second-order valence-corrected chi connectivity index (χ2v) is 3.67. The summed E-state index contributed by atoms with van der Waals surface area (Å²) in [5.41, 5.74) is -0.129. The standard InChI is InChI=1S/C13H13NO7/c1-2-11(16)20-5-6-21-13(19)14-8-3-4-9(12(17)18)10(15)7-8/h2-4,7,15H,1,5-6H2,(H,14,19)(H,17,18). The number of esters is 1. The number of hydrogen-bond acceptors (Lipinski definition) is 6. The van der Waals surface area contributed by atoms with Crippen molar-refractivity contribution in [2.75, 3.05) is 18.5 Å². The van der Waals surface area contributed by atoms with E-state index in [0.717, 1.165) is 18.2 Å². The van der Waals surface area contributed by atoms with E-state index in [1.807, 2.05) is 0 Å². The lowest BCUT2D eigenvalue weighted by atomic mass is 10.2. The van der Waals surface area contributed by atoms with Crippen LogP contribution in [0.1, 0.15) is 10.4 Å². The normalized spacial score (nSPS) is 9.52. The fourth-order valence-corrected chi connectivity index (χ4v) is 1.28. The number of phenols is 1. The van der Waals surface area contributed by atoms with E-state index in [-0.39, 0.29) is 24.5 Å². The van der Waals surface area contributed by atoms with E-state index >= 15 is 0 Å². The number of benzene rings is 1. The highest BCUT2D eigenvalue weighted by Crippen LogP contribution is 2.21. The Labute approximate surface area is 119 Å². The zero-order valence-electron chi connectivity index (χ0n) is 10.9. The number of aromatic carboxylic acids is 1. The van der Waals surface area contributed by atoms with Crippen molar-refractivity contribution >= 4 is 23.7 Å². The summed E-state index contributed by atoms with van der Waals surface area (Å²) in [7, 11) is 0. The van der Waals surface area contributed by atoms with Gasteiger partial charge in [-0.15, -0.1) is 0 Å². The highest BCUT2D eigenvalue weighted by Gasteiger charge is 2.11. The van der Waals surface area contributed by atoms with Gasteiger partial charge in [-0.2, -0.15) is 0 Å². The summed E-state index contributed by atoms with van der Waals surface area (Å²) in [5.74, 6) is -2.40. The molecule has 1 amide bonds. The van der Waals surface area contributed by atoms with Gasteiger partial charge in [0.25, 0.3) is 0 Å². The van der Waals surface area contributed by atoms with E-state index in [1.54, 1.807) is 0 Å². The summed E-state index contributed by atoms with van der Waals surface area (Å²) in [5, 5.41) is 20.4. The number of hydrogen-bond donors (Lipinski definition) is 3. The largest absolute Gasteiger partial charge is 0.507 e. The molecule has 1 aromatic carbocycles. The molecule has 0 radical (unpaired) electrons. The van der Waals surface area contributed by atoms with Crippen molar-refractivity contribution in [3.8, 4) is 5.75 Å². The number of amides is 1. The Morgan fingerprint density at radius 3 is 2.48 bits per heavy atom. The van der Waals surface area contributed by atoms with Gasteiger partial charge in [-0.05, 0) is 12.1 Å². The first-order valence-electron chi connectivity index (χ1n) is 5.73. The number of nitrogens with one attached hydrogen (secondary N) is 1. The molecule has 21 heavy (non-hydrogen) atoms. The predicted octanol–water partition coefficient (Wildman–Crippen LogP) is 1.37. The maximum Gasteiger partial charge on any atom is 0.411 e. The molecular formula is C13H13NO7. The van der Waals surface area contributed by atoms with Crippen LogP contribution in [-0.4, -0.2) is 41.5 Å². The number of anilines is 1. The zero-order valence-corrected chi connectivity index (χ0v) is 10.9. The number of aromatic hydroxyl groups is 1. The van der Waals surface area contributed by atoms with Crippen LogP contribution in [0.4, 0.5) is 10.5 Å². The van der Waals surface area contributed by atoms with Crippen LogP contribution >= 0.6 is 0 Å². The van der Waals surface area contributed by atoms with E-state index in [1.165, 1.54) is 6.07 Å². The van der Waals surface area contributed by atoms with Crippen LogP contribution < -0.4 is 5.32 Å². The maximum absolute atomic E-state index is 11.4. The lowest BCUT2D eigenvalue weighted by Crippen LogP contribution is -2.17. The smallest absolute Gasteiger partial charge is 0.411 e. The van der Waals surface area contributed by atoms with Crippen LogP contribution in [0.3, 0.4) is 0 Å². The first-order valence-corrected chi connectivity index (χ1v) is 5.73. The van der Waals surface area contributed by atoms with Crippen LogP contribution in [0.2, 0.25) is 0 Å². The van der Waals surface area contributed by atoms with E-state index in [2.05, 4.69) is 16.6 Å². The van der Waals surface area contributed by atoms with Crippen molar-refractivity contribution in [1.29, 1.82) is 0 Å². The van der Waals surface area contributed by atoms with Crippen molar-refractivity contribution < 1.29 is 34.1 Å². The molecule has 0 atom stereocenters. The number of carbonyl (C=O) groups excluding carboxylic acids is 2. The third-order valence-corrected chi connectivity index (χ3v) is 2.20. The highest BCUT2D eigenvalue weighted by atomic mass is 16.6. The molecule has 0 bridgehead atoms. The van der Waals surface area contributed by atoms with E-state index < -0.39 is 23.8 Å². The zero-order chi connectivity index (χ0) is 15.8. The first kappa shape index (κ1) is 16.0. The number of carboxylic acids is 1. The van der Waals surface area contributed by atoms with Crippen molar-refractivity contribution in [2.24, 2.45) is 0 Å². The second-order valence-electron chi connectivity index (χ2n) is 3.67. The summed E-state index contributed by atoms with van der Waals surface area (Å²) in [6.07, 6.45) is 0.138. The molecule has 1 rings (SSSR count). The van der Waals surface area contributed by atoms with Crippen LogP contribution in [0.15, 0.2) is 30.9 Å². The van der Waals surface area contributed by atoms with Gasteiger partial charge in [0, 0.05) is 17.8 Å². The van der Waals surface area contributed by atoms with E-state index in [0.29, 0.717) is 0 Å². The topological polar surface area (TPSA) is 122 Å². The van der Waals surface area contributed by atoms with Crippen LogP contribution in [0.25, 0.3) is 0 Å². The SMILES string of the molecule is C=CC(=O)OCCOC(=O)Nc1ccc(C(=O)O)c(O)c1. The molecule has 8 heteroatoms. The molecule has 0 unspecified atom stereocenters. The predicted molar refractivity (Wildman–Crippen MR) is 71.2 cm³/mol. The fourth-order valence-electron chi connectivity index (χ4n) is 1.28. The molecule has 0 saturated heterocycles. The van der Waals surface area contributed by atoms with E-state index in [9.17, 15) is 19.5 Å². The van der Waals surface area contributed by atoms with Gasteiger partial charge < -0.3 is 19.7 Å². The minimum absolute atomic E-state index is 0.124. The Morgan fingerprint density at radius 2 is 1.90 bits per heavy atom. The average Bonchev–Trinajstić information content (AvgIpc) is 2.43. The molecule has 0 saturated carbocycles. The molecule has 8 nitrogen and oxygen atoms in total. The Bertz CT molecular complexity index is 568. The molecule has 112 valence electrons. The molecule has 3 N–H and O–H groups in total. The monoisotopic (exact) mass is 295 g/mol. The minimum Gasteiger partial charge on any atom is -0.507 e. The Balaban J connectivity index is 2.44. The number of carbonyl (C=O) groups is 3. The van der Waals surface area contributed by atoms with Gasteiger partial charge >= 0.3 is 18.0 Å². The van der Waals surface area contributed by atoms with Gasteiger partial charge in [-0.25, -0.2) is 14.4 Å². The molecule has 1 aromatic rings. The number of ether oxygens (including phenoxy) is 2. The Hall–Kier alpha value is -3.03. The van der Waals surface area contributed by atoms with Gasteiger partial charge in [0.1, 0.15) is 24.5 Å². The first-order chi connectivity index (χ1) is 9.93. The molecule has 0 aliphatic carbocycles. The lowest BCUT2D eigenvalue weighted by molar-refractivity contribution is -0.138. The van der Waals surface area contributed by atoms with Crippen LogP contribution in [0.5, 0.6) is 5.75 Å². The lowest BCUT2D eigenvalue weighted by Gasteiger charge is -2.08. The summed E-state index contributed by atoms with van der Waals surface area (Å²) >= 11 is 0. The average molecular weight is 295 g/mol. The van der Waals surface area contributed by atoms with Gasteiger partial charge in [0.15, 0.2) is 0 Å². The summed E-state index contributed by atoms with van der Waals surface area (Å²) in [6, 6.07) is 3.50. The fraction of sp³-hybridized carbons (Fsp3) is 0.154. The maximum atomic E-state index is 11.4. The van der Waals surface area contributed by atoms with Gasteiger partial charge in [0.2, 0.25) is 0 Å². The van der Waals surface area contributed by atoms with Gasteiger partial charge in [0.05, 0.1) is 0 Å². The molecule has 0 aliphatic rings. The number of carboxylic acid groups (broad SMARTS) is 1. The van der Waals surface area contributed by atoms with Crippen molar-refractivity contribution in [2.45, 2.75) is 0 Å². The van der Waals surface area contributed by atoms with Gasteiger partial charge in [-0.1, -0.05) is 6.58 Å². The van der Waals surface area contributed by atoms with Crippen LogP contribution in [-0.2, 0) is 14.3 Å². The minimum atomic E-state index is -1.29. The van der Waals surface area contributed by atoms with Crippen LogP contribution in [0, 0.1) is 0 Å². The molecule has 0 fully saturated rings. The van der Waals surface area contributed by atoms with Crippen molar-refractivity contribution in [3.05, 3.63) is 36.4 Å². The molecule has 0 spiro atoms. The third kappa shape index (κ3) is 5.23. The summed E-state index contributed by atoms with van der Waals surface area (Å²) < 4.78 is 9.28. The highest BCUT2D eigenvalue weighted by molar-refractivity contribution is 5.92. The summed E-state index contributed by atoms with van der Waals surface area (Å²) in [6.45, 7) is 2.91. The van der Waals surface area contributed by atoms with Gasteiger partial charge in [-0.3, -0.25) is 5.32 Å². The Kier molecular flexibility index (Phi) is 5.75. The van der Waals surface area contributed by atoms with E-state index in [4.69, 9.17) is 9.84 Å². The quantitative estimate of drug-likeness (QED) is 0.411. The Morgan fingerprint density at radius 1 is 1.24 bits per heavy atom. The second kappa shape index (κ2) is 7.53. The molecule has 0 heterocycles. The third-order valence-electron chi connectivity index (χ3n) is 2.20. The van der Waals surface area contributed by atoms with Crippen molar-refractivity contribution in [1.82, 2.24) is 0 Å². The molecular weight excluding hydrogens is 282 g/mol. The molecule has 0 aromatic heterocycles. The molecule has 0 aliphatic heterocycles. The van der Waals surface area contributed by atoms with Crippen molar-refractivity contribution in [3.63, 3.8) is 0 Å². The number of rotatable bonds is 6.